The van der Waals surface area contributed by atoms with Crippen molar-refractivity contribution in [2.75, 3.05) is 5.32 Å². The van der Waals surface area contributed by atoms with Gasteiger partial charge in [0.25, 0.3) is 0 Å². The Morgan fingerprint density at radius 2 is 1.86 bits per heavy atom. The van der Waals surface area contributed by atoms with Gasteiger partial charge in [-0.2, -0.15) is 5.10 Å². The zero-order valence-corrected chi connectivity index (χ0v) is 13.1. The van der Waals surface area contributed by atoms with Crippen molar-refractivity contribution in [3.05, 3.63) is 60.9 Å². The van der Waals surface area contributed by atoms with Crippen LogP contribution in [0.2, 0.25) is 0 Å². The maximum Gasteiger partial charge on any atom is 0.0991 e. The van der Waals surface area contributed by atoms with E-state index in [9.17, 15) is 0 Å². The molecule has 22 heavy (non-hydrogen) atoms. The Morgan fingerprint density at radius 3 is 2.45 bits per heavy atom. The first-order chi connectivity index (χ1) is 10.6. The normalized spacial score (nSPS) is 12.5. The predicted octanol–water partition coefficient (Wildman–Crippen LogP) is 3.82. The molecule has 0 fully saturated rings. The smallest absolute Gasteiger partial charge is 0.0991 e. The minimum absolute atomic E-state index is 0.214. The number of nitrogens with zero attached hydrogens (tertiary/aromatic N) is 4. The topological polar surface area (TPSA) is 47.7 Å². The predicted molar refractivity (Wildman–Crippen MR) is 88.2 cm³/mol. The molecule has 0 saturated carbocycles. The van der Waals surface area contributed by atoms with Crippen LogP contribution in [0, 0.1) is 0 Å². The molecule has 1 N–H and O–H groups in total. The minimum atomic E-state index is 0.214. The van der Waals surface area contributed by atoms with E-state index in [-0.39, 0.29) is 6.04 Å². The van der Waals surface area contributed by atoms with E-state index in [2.05, 4.69) is 66.6 Å². The zero-order valence-electron chi connectivity index (χ0n) is 13.1. The Labute approximate surface area is 130 Å². The lowest BCUT2D eigenvalue weighted by Gasteiger charge is -2.14. The van der Waals surface area contributed by atoms with Crippen molar-refractivity contribution < 1.29 is 0 Å². The van der Waals surface area contributed by atoms with Gasteiger partial charge in [0, 0.05) is 41.6 Å². The standard InChI is InChI=1S/C17H21N5/c1-13(2)22-11-15(10-19-22)14(3)20-16-4-6-17(7-5-16)21-9-8-18-12-21/h4-14,20H,1-3H3/t14-/m1/s1. The number of hydrogen-bond donors (Lipinski definition) is 1. The van der Waals surface area contributed by atoms with E-state index in [4.69, 9.17) is 0 Å². The van der Waals surface area contributed by atoms with Crippen molar-refractivity contribution in [3.63, 3.8) is 0 Å². The molecule has 0 aliphatic carbocycles. The van der Waals surface area contributed by atoms with Crippen LogP contribution in [0.3, 0.4) is 0 Å². The molecule has 0 bridgehead atoms. The molecule has 5 nitrogen and oxygen atoms in total. The summed E-state index contributed by atoms with van der Waals surface area (Å²) in [6, 6.07) is 8.92. The average Bonchev–Trinajstić information content (AvgIpc) is 3.20. The van der Waals surface area contributed by atoms with Crippen LogP contribution in [0.1, 0.15) is 38.4 Å². The first-order valence-electron chi connectivity index (χ1n) is 7.52. The van der Waals surface area contributed by atoms with Crippen LogP contribution in [0.25, 0.3) is 5.69 Å². The van der Waals surface area contributed by atoms with Crippen LogP contribution >= 0.6 is 0 Å². The molecule has 3 rings (SSSR count). The van der Waals surface area contributed by atoms with E-state index in [0.29, 0.717) is 6.04 Å². The fraction of sp³-hybridized carbons (Fsp3) is 0.294. The first-order valence-corrected chi connectivity index (χ1v) is 7.52. The van der Waals surface area contributed by atoms with Crippen molar-refractivity contribution >= 4 is 5.69 Å². The van der Waals surface area contributed by atoms with Gasteiger partial charge in [-0.1, -0.05) is 0 Å². The Hall–Kier alpha value is -2.56. The van der Waals surface area contributed by atoms with Gasteiger partial charge in [-0.3, -0.25) is 4.68 Å². The Balaban J connectivity index is 1.69. The Bertz CT molecular complexity index is 710. The maximum atomic E-state index is 4.39. The Kier molecular flexibility index (Phi) is 3.96. The summed E-state index contributed by atoms with van der Waals surface area (Å²) in [7, 11) is 0. The average molecular weight is 295 g/mol. The second-order valence-corrected chi connectivity index (χ2v) is 5.73. The molecule has 5 heteroatoms. The van der Waals surface area contributed by atoms with Crippen molar-refractivity contribution in [3.8, 4) is 5.69 Å². The number of benzene rings is 1. The third-order valence-electron chi connectivity index (χ3n) is 3.70. The van der Waals surface area contributed by atoms with Crippen molar-refractivity contribution in [1.29, 1.82) is 0 Å². The summed E-state index contributed by atoms with van der Waals surface area (Å²) in [5.41, 5.74) is 3.38. The fourth-order valence-electron chi connectivity index (χ4n) is 2.33. The molecular formula is C17H21N5. The number of imidazole rings is 1. The molecular weight excluding hydrogens is 274 g/mol. The number of anilines is 1. The van der Waals surface area contributed by atoms with Gasteiger partial charge in [0.2, 0.25) is 0 Å². The van der Waals surface area contributed by atoms with Gasteiger partial charge in [0.05, 0.1) is 18.6 Å². The SMILES string of the molecule is CC(C)n1cc([C@@H](C)Nc2ccc(-n3ccnc3)cc2)cn1. The van der Waals surface area contributed by atoms with Gasteiger partial charge in [-0.15, -0.1) is 0 Å². The van der Waals surface area contributed by atoms with E-state index in [0.717, 1.165) is 11.4 Å². The molecule has 0 aliphatic heterocycles. The van der Waals surface area contributed by atoms with E-state index in [1.165, 1.54) is 5.56 Å². The van der Waals surface area contributed by atoms with Crippen LogP contribution in [0.4, 0.5) is 5.69 Å². The zero-order chi connectivity index (χ0) is 15.5. The summed E-state index contributed by atoms with van der Waals surface area (Å²) in [5, 5.41) is 7.90. The minimum Gasteiger partial charge on any atom is -0.378 e. The quantitative estimate of drug-likeness (QED) is 0.778. The monoisotopic (exact) mass is 295 g/mol. The lowest BCUT2D eigenvalue weighted by atomic mass is 10.1. The first kappa shape index (κ1) is 14.4. The van der Waals surface area contributed by atoms with E-state index in [1.807, 2.05) is 21.6 Å². The van der Waals surface area contributed by atoms with Gasteiger partial charge in [0.15, 0.2) is 0 Å². The molecule has 2 heterocycles. The van der Waals surface area contributed by atoms with Gasteiger partial charge in [-0.05, 0) is 45.0 Å². The van der Waals surface area contributed by atoms with Crippen molar-refractivity contribution in [1.82, 2.24) is 19.3 Å². The molecule has 2 aromatic heterocycles. The Morgan fingerprint density at radius 1 is 1.09 bits per heavy atom. The summed E-state index contributed by atoms with van der Waals surface area (Å²) in [5.74, 6) is 0. The molecule has 0 saturated heterocycles. The summed E-state index contributed by atoms with van der Waals surface area (Å²) < 4.78 is 3.97. The third-order valence-corrected chi connectivity index (χ3v) is 3.70. The van der Waals surface area contributed by atoms with Gasteiger partial charge in [0.1, 0.15) is 0 Å². The molecule has 114 valence electrons. The highest BCUT2D eigenvalue weighted by atomic mass is 15.3. The molecule has 0 spiro atoms. The van der Waals surface area contributed by atoms with E-state index in [1.54, 1.807) is 12.5 Å². The number of hydrogen-bond acceptors (Lipinski definition) is 3. The van der Waals surface area contributed by atoms with Crippen molar-refractivity contribution in [2.45, 2.75) is 32.9 Å². The van der Waals surface area contributed by atoms with Crippen LogP contribution in [0.15, 0.2) is 55.4 Å². The molecule has 0 amide bonds. The summed E-state index contributed by atoms with van der Waals surface area (Å²) in [6.07, 6.45) is 9.54. The summed E-state index contributed by atoms with van der Waals surface area (Å²) in [4.78, 5) is 4.06. The molecule has 1 atom stereocenters. The second-order valence-electron chi connectivity index (χ2n) is 5.73. The molecule has 0 radical (unpaired) electrons. The molecule has 0 unspecified atom stereocenters. The van der Waals surface area contributed by atoms with Crippen LogP contribution < -0.4 is 5.32 Å². The number of rotatable bonds is 5. The van der Waals surface area contributed by atoms with E-state index >= 15 is 0 Å². The number of aromatic nitrogens is 4. The lowest BCUT2D eigenvalue weighted by Crippen LogP contribution is -2.06. The van der Waals surface area contributed by atoms with Crippen LogP contribution in [-0.4, -0.2) is 19.3 Å². The molecule has 0 aliphatic rings. The van der Waals surface area contributed by atoms with Crippen LogP contribution in [-0.2, 0) is 0 Å². The van der Waals surface area contributed by atoms with Gasteiger partial charge in [-0.25, -0.2) is 4.98 Å². The lowest BCUT2D eigenvalue weighted by molar-refractivity contribution is 0.532. The largest absolute Gasteiger partial charge is 0.378 e. The fourth-order valence-corrected chi connectivity index (χ4v) is 2.33. The highest BCUT2D eigenvalue weighted by molar-refractivity contribution is 5.50. The summed E-state index contributed by atoms with van der Waals surface area (Å²) in [6.45, 7) is 6.40. The van der Waals surface area contributed by atoms with Crippen molar-refractivity contribution in [2.24, 2.45) is 0 Å². The van der Waals surface area contributed by atoms with E-state index < -0.39 is 0 Å². The number of nitrogens with one attached hydrogen (secondary N) is 1. The highest BCUT2D eigenvalue weighted by Crippen LogP contribution is 2.21. The van der Waals surface area contributed by atoms with Gasteiger partial charge >= 0.3 is 0 Å². The second kappa shape index (κ2) is 6.05. The maximum absolute atomic E-state index is 4.39. The summed E-state index contributed by atoms with van der Waals surface area (Å²) >= 11 is 0. The third kappa shape index (κ3) is 3.03. The van der Waals surface area contributed by atoms with Crippen LogP contribution in [0.5, 0.6) is 0 Å². The highest BCUT2D eigenvalue weighted by Gasteiger charge is 2.09. The molecule has 1 aromatic carbocycles. The molecule has 3 aromatic rings. The van der Waals surface area contributed by atoms with Gasteiger partial charge < -0.3 is 9.88 Å².